The van der Waals surface area contributed by atoms with Crippen molar-refractivity contribution in [1.82, 2.24) is 4.90 Å². The van der Waals surface area contributed by atoms with E-state index in [0.717, 1.165) is 12.1 Å². The van der Waals surface area contributed by atoms with Crippen molar-refractivity contribution in [2.75, 3.05) is 13.1 Å². The molecule has 0 fully saturated rings. The average Bonchev–Trinajstić information content (AvgIpc) is 2.46. The molecule has 1 amide bonds. The molecule has 0 aliphatic heterocycles. The Bertz CT molecular complexity index is 530. The predicted molar refractivity (Wildman–Crippen MR) is 71.0 cm³/mol. The molecule has 5 nitrogen and oxygen atoms in total. The van der Waals surface area contributed by atoms with Crippen LogP contribution in [0.25, 0.3) is 0 Å². The minimum atomic E-state index is -4.50. The van der Waals surface area contributed by atoms with Gasteiger partial charge in [-0.3, -0.25) is 4.79 Å². The Morgan fingerprint density at radius 2 is 2.10 bits per heavy atom. The van der Waals surface area contributed by atoms with E-state index in [0.29, 0.717) is 6.54 Å². The number of hydrogen-bond donors (Lipinski definition) is 2. The summed E-state index contributed by atoms with van der Waals surface area (Å²) in [7, 11) is 0. The zero-order chi connectivity index (χ0) is 16.0. The number of carbonyl (C=O) groups is 1. The Morgan fingerprint density at radius 1 is 1.43 bits per heavy atom. The second kappa shape index (κ2) is 6.96. The van der Waals surface area contributed by atoms with E-state index in [1.165, 1.54) is 17.0 Å². The van der Waals surface area contributed by atoms with Gasteiger partial charge in [0.2, 0.25) is 0 Å². The first-order valence-electron chi connectivity index (χ1n) is 6.22. The lowest BCUT2D eigenvalue weighted by Gasteiger charge is -2.21. The van der Waals surface area contributed by atoms with Gasteiger partial charge >= 0.3 is 6.18 Å². The van der Waals surface area contributed by atoms with Crippen LogP contribution >= 0.6 is 0 Å². The highest BCUT2D eigenvalue weighted by Crippen LogP contribution is 2.29. The number of benzene rings is 1. The summed E-state index contributed by atoms with van der Waals surface area (Å²) >= 11 is 0. The Hall–Kier alpha value is -2.25. The molecule has 1 aromatic carbocycles. The van der Waals surface area contributed by atoms with Crippen LogP contribution in [0.1, 0.15) is 29.3 Å². The summed E-state index contributed by atoms with van der Waals surface area (Å²) in [4.78, 5) is 13.5. The summed E-state index contributed by atoms with van der Waals surface area (Å²) in [5.74, 6) is -0.584. The molecule has 0 radical (unpaired) electrons. The van der Waals surface area contributed by atoms with Gasteiger partial charge in [0, 0.05) is 25.1 Å². The summed E-state index contributed by atoms with van der Waals surface area (Å²) in [5, 5.41) is 11.2. The summed E-state index contributed by atoms with van der Waals surface area (Å²) < 4.78 is 37.9. The molecule has 0 saturated carbocycles. The molecule has 0 heterocycles. The van der Waals surface area contributed by atoms with E-state index < -0.39 is 17.6 Å². The van der Waals surface area contributed by atoms with Crippen LogP contribution in [-0.2, 0) is 6.18 Å². The van der Waals surface area contributed by atoms with E-state index in [2.05, 4.69) is 5.16 Å². The lowest BCUT2D eigenvalue weighted by molar-refractivity contribution is -0.137. The quantitative estimate of drug-likeness (QED) is 0.379. The van der Waals surface area contributed by atoms with E-state index in [1.54, 1.807) is 6.92 Å². The standard InChI is InChI=1S/C13H16F3N3O2/c1-2-19(7-6-11(17)18-21)12(20)9-4-3-5-10(8-9)13(14,15)16/h3-5,8,21H,2,6-7H2,1H3,(H2,17,18). The topological polar surface area (TPSA) is 78.9 Å². The van der Waals surface area contributed by atoms with Gasteiger partial charge in [0.05, 0.1) is 5.56 Å². The molecule has 8 heteroatoms. The number of oxime groups is 1. The van der Waals surface area contributed by atoms with Gasteiger partial charge in [-0.25, -0.2) is 0 Å². The molecule has 0 spiro atoms. The summed E-state index contributed by atoms with van der Waals surface area (Å²) in [6, 6.07) is 4.23. The van der Waals surface area contributed by atoms with Crippen molar-refractivity contribution in [2.24, 2.45) is 10.9 Å². The number of halogens is 3. The number of rotatable bonds is 5. The Morgan fingerprint density at radius 3 is 2.62 bits per heavy atom. The molecule has 21 heavy (non-hydrogen) atoms. The van der Waals surface area contributed by atoms with Crippen molar-refractivity contribution < 1.29 is 23.2 Å². The molecule has 1 aromatic rings. The number of nitrogens with zero attached hydrogens (tertiary/aromatic N) is 2. The van der Waals surface area contributed by atoms with Crippen molar-refractivity contribution in [3.8, 4) is 0 Å². The van der Waals surface area contributed by atoms with Crippen LogP contribution in [0.15, 0.2) is 29.4 Å². The Labute approximate surface area is 119 Å². The van der Waals surface area contributed by atoms with Crippen molar-refractivity contribution in [2.45, 2.75) is 19.5 Å². The summed E-state index contributed by atoms with van der Waals surface area (Å²) in [6.07, 6.45) is -4.36. The molecule has 0 unspecified atom stereocenters. The minimum absolute atomic E-state index is 0.0498. The molecule has 0 aliphatic rings. The minimum Gasteiger partial charge on any atom is -0.409 e. The number of amides is 1. The van der Waals surface area contributed by atoms with E-state index in [9.17, 15) is 18.0 Å². The molecule has 0 aliphatic carbocycles. The van der Waals surface area contributed by atoms with E-state index in [-0.39, 0.29) is 24.4 Å². The zero-order valence-corrected chi connectivity index (χ0v) is 11.4. The van der Waals surface area contributed by atoms with Crippen LogP contribution in [-0.4, -0.2) is 34.9 Å². The molecular weight excluding hydrogens is 287 g/mol. The second-order valence-corrected chi connectivity index (χ2v) is 4.30. The molecular formula is C13H16F3N3O2. The number of hydrogen-bond acceptors (Lipinski definition) is 3. The molecule has 1 rings (SSSR count). The molecule has 3 N–H and O–H groups in total. The lowest BCUT2D eigenvalue weighted by atomic mass is 10.1. The highest BCUT2D eigenvalue weighted by atomic mass is 19.4. The first-order chi connectivity index (χ1) is 9.79. The Balaban J connectivity index is 2.90. The van der Waals surface area contributed by atoms with Crippen LogP contribution in [0.5, 0.6) is 0 Å². The summed E-state index contributed by atoms with van der Waals surface area (Å²) in [5.41, 5.74) is 4.39. The third kappa shape index (κ3) is 4.66. The first-order valence-corrected chi connectivity index (χ1v) is 6.22. The van der Waals surface area contributed by atoms with Crippen LogP contribution in [0.3, 0.4) is 0 Å². The molecule has 0 atom stereocenters. The van der Waals surface area contributed by atoms with Gasteiger partial charge in [-0.05, 0) is 25.1 Å². The largest absolute Gasteiger partial charge is 0.416 e. The van der Waals surface area contributed by atoms with E-state index in [1.807, 2.05) is 0 Å². The maximum Gasteiger partial charge on any atom is 0.416 e. The second-order valence-electron chi connectivity index (χ2n) is 4.30. The smallest absolute Gasteiger partial charge is 0.409 e. The summed E-state index contributed by atoms with van der Waals surface area (Å²) in [6.45, 7) is 2.15. The molecule has 0 saturated heterocycles. The number of amidine groups is 1. The highest BCUT2D eigenvalue weighted by Gasteiger charge is 2.31. The number of carbonyl (C=O) groups excluding carboxylic acids is 1. The third-order valence-corrected chi connectivity index (χ3v) is 2.87. The predicted octanol–water partition coefficient (Wildman–Crippen LogP) is 2.30. The molecule has 0 aromatic heterocycles. The van der Waals surface area contributed by atoms with Gasteiger partial charge < -0.3 is 15.8 Å². The van der Waals surface area contributed by atoms with E-state index >= 15 is 0 Å². The van der Waals surface area contributed by atoms with Gasteiger partial charge in [-0.1, -0.05) is 11.2 Å². The van der Waals surface area contributed by atoms with Crippen molar-refractivity contribution in [3.63, 3.8) is 0 Å². The number of alkyl halides is 3. The van der Waals surface area contributed by atoms with Crippen LogP contribution < -0.4 is 5.73 Å². The SMILES string of the molecule is CCN(CCC(N)=NO)C(=O)c1cccc(C(F)(F)F)c1. The van der Waals surface area contributed by atoms with Crippen LogP contribution in [0.4, 0.5) is 13.2 Å². The van der Waals surface area contributed by atoms with Gasteiger partial charge in [0.1, 0.15) is 5.84 Å². The van der Waals surface area contributed by atoms with Gasteiger partial charge in [-0.15, -0.1) is 0 Å². The van der Waals surface area contributed by atoms with Crippen molar-refractivity contribution >= 4 is 11.7 Å². The third-order valence-electron chi connectivity index (χ3n) is 2.87. The first kappa shape index (κ1) is 16.8. The highest BCUT2D eigenvalue weighted by molar-refractivity contribution is 5.94. The van der Waals surface area contributed by atoms with Gasteiger partial charge in [0.25, 0.3) is 5.91 Å². The maximum absolute atomic E-state index is 12.6. The number of nitrogens with two attached hydrogens (primary N) is 1. The van der Waals surface area contributed by atoms with Gasteiger partial charge in [-0.2, -0.15) is 13.2 Å². The Kier molecular flexibility index (Phi) is 5.57. The maximum atomic E-state index is 12.6. The average molecular weight is 303 g/mol. The van der Waals surface area contributed by atoms with Crippen molar-refractivity contribution in [1.29, 1.82) is 0 Å². The van der Waals surface area contributed by atoms with E-state index in [4.69, 9.17) is 10.9 Å². The van der Waals surface area contributed by atoms with Gasteiger partial charge in [0.15, 0.2) is 0 Å². The zero-order valence-electron chi connectivity index (χ0n) is 11.4. The van der Waals surface area contributed by atoms with Crippen LogP contribution in [0.2, 0.25) is 0 Å². The monoisotopic (exact) mass is 303 g/mol. The normalized spacial score (nSPS) is 12.3. The van der Waals surface area contributed by atoms with Crippen LogP contribution in [0, 0.1) is 0 Å². The fraction of sp³-hybridized carbons (Fsp3) is 0.385. The fourth-order valence-corrected chi connectivity index (χ4v) is 1.71. The lowest BCUT2D eigenvalue weighted by Crippen LogP contribution is -2.34. The molecule has 116 valence electrons. The molecule has 0 bridgehead atoms. The fourth-order valence-electron chi connectivity index (χ4n) is 1.71. The van der Waals surface area contributed by atoms with Crippen molar-refractivity contribution in [3.05, 3.63) is 35.4 Å².